The van der Waals surface area contributed by atoms with Crippen molar-refractivity contribution in [2.45, 2.75) is 6.61 Å². The average molecular weight is 417 g/mol. The fourth-order valence-electron chi connectivity index (χ4n) is 2.97. The van der Waals surface area contributed by atoms with Crippen molar-refractivity contribution in [2.24, 2.45) is 0 Å². The largest absolute Gasteiger partial charge is 0.493 e. The van der Waals surface area contributed by atoms with Gasteiger partial charge in [0.25, 0.3) is 5.91 Å². The first-order valence-corrected chi connectivity index (χ1v) is 9.45. The van der Waals surface area contributed by atoms with Gasteiger partial charge < -0.3 is 14.8 Å². The number of carbonyl (C=O) groups is 1. The van der Waals surface area contributed by atoms with Gasteiger partial charge in [-0.05, 0) is 35.9 Å². The molecule has 0 saturated carbocycles. The Balaban J connectivity index is 1.48. The molecule has 8 heteroatoms. The Hall–Kier alpha value is -4.33. The lowest BCUT2D eigenvalue weighted by Crippen LogP contribution is -2.12. The maximum absolute atomic E-state index is 12.7. The number of H-pyrrole nitrogens is 1. The fourth-order valence-corrected chi connectivity index (χ4v) is 2.97. The van der Waals surface area contributed by atoms with E-state index in [0.29, 0.717) is 34.9 Å². The number of hydrogen-bond acceptors (Lipinski definition) is 6. The summed E-state index contributed by atoms with van der Waals surface area (Å²) in [6.07, 6.45) is 0. The molecular formula is C23H19N3O5. The minimum Gasteiger partial charge on any atom is -0.493 e. The Labute approximate surface area is 177 Å². The molecular weight excluding hydrogens is 398 g/mol. The highest BCUT2D eigenvalue weighted by atomic mass is 16.5. The second kappa shape index (κ2) is 9.00. The van der Waals surface area contributed by atoms with Crippen LogP contribution in [0.2, 0.25) is 0 Å². The van der Waals surface area contributed by atoms with Crippen LogP contribution in [0.25, 0.3) is 11.4 Å². The number of carbonyl (C=O) groups excluding carboxylic acids is 1. The Bertz CT molecular complexity index is 1250. The van der Waals surface area contributed by atoms with E-state index in [9.17, 15) is 9.59 Å². The van der Waals surface area contributed by atoms with Gasteiger partial charge in [-0.2, -0.15) is 0 Å². The Kier molecular flexibility index (Phi) is 5.79. The van der Waals surface area contributed by atoms with E-state index in [-0.39, 0.29) is 11.7 Å². The minimum atomic E-state index is -0.647. The van der Waals surface area contributed by atoms with Gasteiger partial charge in [0.15, 0.2) is 17.3 Å². The van der Waals surface area contributed by atoms with Gasteiger partial charge in [-0.25, -0.2) is 4.79 Å². The van der Waals surface area contributed by atoms with Crippen LogP contribution in [0.3, 0.4) is 0 Å². The summed E-state index contributed by atoms with van der Waals surface area (Å²) in [6, 6.07) is 21.6. The standard InChI is InChI=1S/C23H19N3O5/c1-29-20-13-17(10-11-19(20)30-14-15-6-3-2-4-7-15)22(27)24-18-9-5-8-16(12-18)21-25-23(28)31-26-21/h2-13H,14H2,1H3,(H,24,27)(H,25,26,28). The molecule has 4 aromatic rings. The molecule has 4 rings (SSSR count). The molecule has 0 aliphatic heterocycles. The van der Waals surface area contributed by atoms with E-state index in [1.54, 1.807) is 42.5 Å². The van der Waals surface area contributed by atoms with Crippen molar-refractivity contribution in [3.05, 3.63) is 94.5 Å². The topological polar surface area (TPSA) is 106 Å². The van der Waals surface area contributed by atoms with Gasteiger partial charge in [-0.15, -0.1) is 0 Å². The van der Waals surface area contributed by atoms with Crippen LogP contribution in [0.1, 0.15) is 15.9 Å². The van der Waals surface area contributed by atoms with Gasteiger partial charge in [0.1, 0.15) is 6.61 Å². The average Bonchev–Trinajstić information content (AvgIpc) is 3.24. The van der Waals surface area contributed by atoms with Gasteiger partial charge in [-0.3, -0.25) is 14.3 Å². The Morgan fingerprint density at radius 3 is 2.61 bits per heavy atom. The van der Waals surface area contributed by atoms with Gasteiger partial charge in [0.2, 0.25) is 0 Å². The van der Waals surface area contributed by atoms with Crippen molar-refractivity contribution in [1.82, 2.24) is 10.1 Å². The van der Waals surface area contributed by atoms with Crippen molar-refractivity contribution in [2.75, 3.05) is 12.4 Å². The van der Waals surface area contributed by atoms with Crippen LogP contribution in [0.4, 0.5) is 5.69 Å². The predicted molar refractivity (Wildman–Crippen MR) is 114 cm³/mol. The predicted octanol–water partition coefficient (Wildman–Crippen LogP) is 3.87. The lowest BCUT2D eigenvalue weighted by Gasteiger charge is -2.13. The van der Waals surface area contributed by atoms with Crippen LogP contribution in [-0.2, 0) is 6.61 Å². The van der Waals surface area contributed by atoms with Gasteiger partial charge in [-0.1, -0.05) is 47.6 Å². The first-order chi connectivity index (χ1) is 15.1. The van der Waals surface area contributed by atoms with Crippen LogP contribution < -0.4 is 20.5 Å². The summed E-state index contributed by atoms with van der Waals surface area (Å²) in [6.45, 7) is 0.389. The molecule has 1 amide bonds. The molecule has 0 bridgehead atoms. The van der Waals surface area contributed by atoms with Crippen molar-refractivity contribution in [1.29, 1.82) is 0 Å². The van der Waals surface area contributed by atoms with Crippen molar-refractivity contribution >= 4 is 11.6 Å². The van der Waals surface area contributed by atoms with Crippen molar-refractivity contribution < 1.29 is 18.8 Å². The molecule has 0 saturated heterocycles. The number of ether oxygens (including phenoxy) is 2. The summed E-state index contributed by atoms with van der Waals surface area (Å²) >= 11 is 0. The molecule has 156 valence electrons. The molecule has 2 N–H and O–H groups in total. The highest BCUT2D eigenvalue weighted by Gasteiger charge is 2.13. The van der Waals surface area contributed by atoms with E-state index < -0.39 is 5.76 Å². The van der Waals surface area contributed by atoms with Crippen LogP contribution >= 0.6 is 0 Å². The molecule has 31 heavy (non-hydrogen) atoms. The highest BCUT2D eigenvalue weighted by Crippen LogP contribution is 2.29. The lowest BCUT2D eigenvalue weighted by molar-refractivity contribution is 0.102. The zero-order chi connectivity index (χ0) is 21.6. The molecule has 0 unspecified atom stereocenters. The van der Waals surface area contributed by atoms with E-state index in [2.05, 4.69) is 20.0 Å². The molecule has 3 aromatic carbocycles. The second-order valence-corrected chi connectivity index (χ2v) is 6.62. The number of aromatic nitrogens is 2. The highest BCUT2D eigenvalue weighted by molar-refractivity contribution is 6.04. The van der Waals surface area contributed by atoms with Crippen LogP contribution in [0.5, 0.6) is 11.5 Å². The normalized spacial score (nSPS) is 10.5. The third-order valence-electron chi connectivity index (χ3n) is 4.50. The molecule has 0 fully saturated rings. The summed E-state index contributed by atoms with van der Waals surface area (Å²) in [5, 5.41) is 6.47. The van der Waals surface area contributed by atoms with Crippen molar-refractivity contribution in [3.63, 3.8) is 0 Å². The van der Waals surface area contributed by atoms with Gasteiger partial charge >= 0.3 is 5.76 Å². The Morgan fingerprint density at radius 1 is 1.03 bits per heavy atom. The molecule has 0 aliphatic rings. The van der Waals surface area contributed by atoms with E-state index in [4.69, 9.17) is 9.47 Å². The van der Waals surface area contributed by atoms with Crippen molar-refractivity contribution in [3.8, 4) is 22.9 Å². The van der Waals surface area contributed by atoms with E-state index in [0.717, 1.165) is 5.56 Å². The molecule has 0 aliphatic carbocycles. The molecule has 0 radical (unpaired) electrons. The summed E-state index contributed by atoms with van der Waals surface area (Å²) in [5.74, 6) is 0.310. The number of hydrogen-bond donors (Lipinski definition) is 2. The van der Waals surface area contributed by atoms with Crippen LogP contribution in [0.15, 0.2) is 82.1 Å². The number of nitrogens with one attached hydrogen (secondary N) is 2. The van der Waals surface area contributed by atoms with E-state index >= 15 is 0 Å². The second-order valence-electron chi connectivity index (χ2n) is 6.62. The first kappa shape index (κ1) is 20.0. The number of methoxy groups -OCH3 is 1. The number of aromatic amines is 1. The van der Waals surface area contributed by atoms with E-state index in [1.165, 1.54) is 7.11 Å². The molecule has 0 atom stereocenters. The Morgan fingerprint density at radius 2 is 1.87 bits per heavy atom. The summed E-state index contributed by atoms with van der Waals surface area (Å²) in [5.41, 5.74) is 2.57. The third kappa shape index (κ3) is 4.81. The first-order valence-electron chi connectivity index (χ1n) is 9.45. The maximum Gasteiger partial charge on any atom is 0.439 e. The summed E-state index contributed by atoms with van der Waals surface area (Å²) < 4.78 is 15.7. The van der Waals surface area contributed by atoms with Crippen LogP contribution in [0, 0.1) is 0 Å². The summed E-state index contributed by atoms with van der Waals surface area (Å²) in [4.78, 5) is 26.3. The monoisotopic (exact) mass is 417 g/mol. The SMILES string of the molecule is COc1cc(C(=O)Nc2cccc(-c3noc(=O)[nH]3)c2)ccc1OCc1ccccc1. The number of anilines is 1. The molecule has 0 spiro atoms. The van der Waals surface area contributed by atoms with Crippen LogP contribution in [-0.4, -0.2) is 23.2 Å². The third-order valence-corrected chi connectivity index (χ3v) is 4.50. The number of rotatable bonds is 7. The minimum absolute atomic E-state index is 0.280. The number of nitrogens with zero attached hydrogens (tertiary/aromatic N) is 1. The fraction of sp³-hybridized carbons (Fsp3) is 0.0870. The number of benzene rings is 3. The number of amides is 1. The van der Waals surface area contributed by atoms with Gasteiger partial charge in [0.05, 0.1) is 7.11 Å². The van der Waals surface area contributed by atoms with Gasteiger partial charge in [0, 0.05) is 16.8 Å². The molecule has 8 nitrogen and oxygen atoms in total. The molecule has 1 aromatic heterocycles. The van der Waals surface area contributed by atoms with E-state index in [1.807, 2.05) is 30.3 Å². The zero-order valence-corrected chi connectivity index (χ0v) is 16.6. The zero-order valence-electron chi connectivity index (χ0n) is 16.6. The summed E-state index contributed by atoms with van der Waals surface area (Å²) in [7, 11) is 1.52. The lowest BCUT2D eigenvalue weighted by atomic mass is 10.1. The molecule has 1 heterocycles. The smallest absolute Gasteiger partial charge is 0.439 e. The quantitative estimate of drug-likeness (QED) is 0.473. The maximum atomic E-state index is 12.7.